The topological polar surface area (TPSA) is 56.8 Å². The molecule has 98 valence electrons. The number of rotatable bonds is 3. The van der Waals surface area contributed by atoms with Gasteiger partial charge in [-0.05, 0) is 6.07 Å². The third-order valence-corrected chi connectivity index (χ3v) is 2.95. The average Bonchev–Trinajstić information content (AvgIpc) is 2.46. The van der Waals surface area contributed by atoms with Crippen molar-refractivity contribution in [3.05, 3.63) is 29.3 Å². The third-order valence-electron chi connectivity index (χ3n) is 2.95. The molecule has 1 heterocycles. The summed E-state index contributed by atoms with van der Waals surface area (Å²) < 4.78 is 15.5. The van der Waals surface area contributed by atoms with Crippen molar-refractivity contribution in [2.24, 2.45) is 0 Å². The minimum Gasteiger partial charge on any atom is -0.495 e. The minimum absolute atomic E-state index is 0.0401. The Morgan fingerprint density at radius 3 is 2.89 bits per heavy atom. The molecule has 5 nitrogen and oxygen atoms in total. The van der Waals surface area contributed by atoms with Crippen molar-refractivity contribution >= 4 is 5.97 Å². The first-order chi connectivity index (χ1) is 8.77. The van der Waals surface area contributed by atoms with E-state index in [1.165, 1.54) is 7.11 Å². The summed E-state index contributed by atoms with van der Waals surface area (Å²) in [5.74, 6) is 0.151. The van der Waals surface area contributed by atoms with Crippen LogP contribution in [0.4, 0.5) is 0 Å². The van der Waals surface area contributed by atoms with Gasteiger partial charge in [0, 0.05) is 12.1 Å². The Hall–Kier alpha value is -1.59. The summed E-state index contributed by atoms with van der Waals surface area (Å²) in [6, 6.07) is 5.48. The summed E-state index contributed by atoms with van der Waals surface area (Å²) >= 11 is 0. The zero-order valence-corrected chi connectivity index (χ0v) is 10.6. The Morgan fingerprint density at radius 1 is 1.44 bits per heavy atom. The lowest BCUT2D eigenvalue weighted by atomic mass is 10.0. The predicted octanol–water partition coefficient (Wildman–Crippen LogP) is 1.14. The summed E-state index contributed by atoms with van der Waals surface area (Å²) in [6.07, 6.45) is 0. The van der Waals surface area contributed by atoms with Gasteiger partial charge >= 0.3 is 5.97 Å². The fraction of sp³-hybridized carbons (Fsp3) is 0.462. The van der Waals surface area contributed by atoms with Gasteiger partial charge in [-0.2, -0.15) is 0 Å². The number of methoxy groups -OCH3 is 2. The predicted molar refractivity (Wildman–Crippen MR) is 65.9 cm³/mol. The second kappa shape index (κ2) is 5.84. The summed E-state index contributed by atoms with van der Waals surface area (Å²) in [4.78, 5) is 11.7. The number of hydrogen-bond donors (Lipinski definition) is 1. The van der Waals surface area contributed by atoms with Crippen LogP contribution in [0, 0.1) is 0 Å². The quantitative estimate of drug-likeness (QED) is 0.816. The van der Waals surface area contributed by atoms with Crippen LogP contribution in [0.1, 0.15) is 22.0 Å². The number of hydrogen-bond acceptors (Lipinski definition) is 5. The lowest BCUT2D eigenvalue weighted by Crippen LogP contribution is -2.34. The van der Waals surface area contributed by atoms with Crippen LogP contribution in [0.15, 0.2) is 18.2 Å². The van der Waals surface area contributed by atoms with Gasteiger partial charge in [-0.3, -0.25) is 0 Å². The summed E-state index contributed by atoms with van der Waals surface area (Å²) in [6.45, 7) is 2.06. The van der Waals surface area contributed by atoms with E-state index in [2.05, 4.69) is 5.32 Å². The van der Waals surface area contributed by atoms with Crippen LogP contribution in [-0.4, -0.2) is 39.9 Å². The van der Waals surface area contributed by atoms with E-state index in [0.29, 0.717) is 24.5 Å². The maximum absolute atomic E-state index is 11.7. The van der Waals surface area contributed by atoms with Crippen molar-refractivity contribution in [1.29, 1.82) is 0 Å². The van der Waals surface area contributed by atoms with Crippen molar-refractivity contribution in [2.45, 2.75) is 6.04 Å². The maximum atomic E-state index is 11.7. The van der Waals surface area contributed by atoms with Crippen molar-refractivity contribution in [2.75, 3.05) is 34.0 Å². The van der Waals surface area contributed by atoms with Crippen LogP contribution in [0.2, 0.25) is 0 Å². The van der Waals surface area contributed by atoms with E-state index in [1.54, 1.807) is 13.2 Å². The molecule has 1 saturated heterocycles. The molecule has 0 saturated carbocycles. The van der Waals surface area contributed by atoms with Gasteiger partial charge in [-0.15, -0.1) is 0 Å². The Morgan fingerprint density at radius 2 is 2.28 bits per heavy atom. The van der Waals surface area contributed by atoms with Gasteiger partial charge in [-0.25, -0.2) is 4.79 Å². The van der Waals surface area contributed by atoms with Crippen LogP contribution in [-0.2, 0) is 9.47 Å². The highest BCUT2D eigenvalue weighted by atomic mass is 16.5. The van der Waals surface area contributed by atoms with Crippen LogP contribution in [0.25, 0.3) is 0 Å². The number of morpholine rings is 1. The lowest BCUT2D eigenvalue weighted by molar-refractivity contribution is 0.0594. The highest BCUT2D eigenvalue weighted by molar-refractivity contribution is 5.93. The zero-order valence-electron chi connectivity index (χ0n) is 10.6. The van der Waals surface area contributed by atoms with Gasteiger partial charge in [0.05, 0.1) is 33.5 Å². The van der Waals surface area contributed by atoms with Crippen molar-refractivity contribution in [3.63, 3.8) is 0 Å². The standard InChI is InChI=1S/C13H17NO4/c1-16-12-9(11-8-18-7-6-14-11)4-3-5-10(12)13(15)17-2/h3-5,11,14H,6-8H2,1-2H3. The molecule has 0 aromatic heterocycles. The first-order valence-corrected chi connectivity index (χ1v) is 5.84. The number of carbonyl (C=O) groups is 1. The normalized spacial score (nSPS) is 19.3. The Kier molecular flexibility index (Phi) is 4.17. The Labute approximate surface area is 106 Å². The largest absolute Gasteiger partial charge is 0.495 e. The number of ether oxygens (including phenoxy) is 3. The van der Waals surface area contributed by atoms with Crippen molar-refractivity contribution in [3.8, 4) is 5.75 Å². The fourth-order valence-corrected chi connectivity index (χ4v) is 2.09. The van der Waals surface area contributed by atoms with Crippen LogP contribution >= 0.6 is 0 Å². The van der Waals surface area contributed by atoms with E-state index in [-0.39, 0.29) is 6.04 Å². The highest BCUT2D eigenvalue weighted by Crippen LogP contribution is 2.30. The SMILES string of the molecule is COC(=O)c1cccc(C2COCCN2)c1OC. The van der Waals surface area contributed by atoms with Gasteiger partial charge in [-0.1, -0.05) is 12.1 Å². The smallest absolute Gasteiger partial charge is 0.341 e. The molecule has 1 aliphatic rings. The van der Waals surface area contributed by atoms with Gasteiger partial charge in [0.1, 0.15) is 11.3 Å². The van der Waals surface area contributed by atoms with E-state index in [4.69, 9.17) is 14.2 Å². The number of nitrogens with one attached hydrogen (secondary N) is 1. The van der Waals surface area contributed by atoms with E-state index < -0.39 is 5.97 Å². The number of carbonyl (C=O) groups excluding carboxylic acids is 1. The van der Waals surface area contributed by atoms with Gasteiger partial charge in [0.25, 0.3) is 0 Å². The van der Waals surface area contributed by atoms with E-state index >= 15 is 0 Å². The Bertz CT molecular complexity index is 427. The van der Waals surface area contributed by atoms with Crippen molar-refractivity contribution < 1.29 is 19.0 Å². The molecule has 0 amide bonds. The fourth-order valence-electron chi connectivity index (χ4n) is 2.09. The van der Waals surface area contributed by atoms with Gasteiger partial charge in [0.15, 0.2) is 0 Å². The summed E-state index contributed by atoms with van der Waals surface area (Å²) in [5.41, 5.74) is 1.35. The highest BCUT2D eigenvalue weighted by Gasteiger charge is 2.23. The molecule has 0 aliphatic carbocycles. The zero-order chi connectivity index (χ0) is 13.0. The second-order valence-electron chi connectivity index (χ2n) is 4.00. The summed E-state index contributed by atoms with van der Waals surface area (Å²) in [7, 11) is 2.91. The van der Waals surface area contributed by atoms with Gasteiger partial charge < -0.3 is 19.5 Å². The van der Waals surface area contributed by atoms with E-state index in [1.807, 2.05) is 12.1 Å². The maximum Gasteiger partial charge on any atom is 0.341 e. The minimum atomic E-state index is -0.398. The molecular weight excluding hydrogens is 234 g/mol. The molecule has 2 rings (SSSR count). The first-order valence-electron chi connectivity index (χ1n) is 5.84. The monoisotopic (exact) mass is 251 g/mol. The number of para-hydroxylation sites is 1. The molecule has 1 aliphatic heterocycles. The van der Waals surface area contributed by atoms with E-state index in [9.17, 15) is 4.79 Å². The molecule has 18 heavy (non-hydrogen) atoms. The average molecular weight is 251 g/mol. The van der Waals surface area contributed by atoms with E-state index in [0.717, 1.165) is 12.1 Å². The summed E-state index contributed by atoms with van der Waals surface area (Å²) in [5, 5.41) is 3.34. The molecule has 5 heteroatoms. The van der Waals surface area contributed by atoms with Crippen LogP contribution in [0.3, 0.4) is 0 Å². The molecule has 1 N–H and O–H groups in total. The number of esters is 1. The molecule has 1 unspecified atom stereocenters. The first kappa shape index (κ1) is 12.9. The molecule has 1 aromatic carbocycles. The molecule has 0 radical (unpaired) electrons. The molecule has 0 spiro atoms. The van der Waals surface area contributed by atoms with Crippen LogP contribution < -0.4 is 10.1 Å². The molecule has 1 aromatic rings. The Balaban J connectivity index is 2.37. The van der Waals surface area contributed by atoms with Crippen molar-refractivity contribution in [1.82, 2.24) is 5.32 Å². The molecule has 0 bridgehead atoms. The molecular formula is C13H17NO4. The van der Waals surface area contributed by atoms with Crippen LogP contribution in [0.5, 0.6) is 5.75 Å². The third kappa shape index (κ3) is 2.47. The lowest BCUT2D eigenvalue weighted by Gasteiger charge is -2.26. The second-order valence-corrected chi connectivity index (χ2v) is 4.00. The molecule has 1 fully saturated rings. The van der Waals surface area contributed by atoms with Gasteiger partial charge in [0.2, 0.25) is 0 Å². The number of benzene rings is 1. The molecule has 1 atom stereocenters.